The molecule has 0 aromatic rings. The van der Waals surface area contributed by atoms with Gasteiger partial charge in [0.05, 0.1) is 14.2 Å². The van der Waals surface area contributed by atoms with Crippen LogP contribution < -0.4 is 0 Å². The summed E-state index contributed by atoms with van der Waals surface area (Å²) in [5.74, 6) is 1.81. The number of ether oxygens (including phenoxy) is 2. The largest absolute Gasteiger partial charge is 0.483 e. The first-order valence-corrected chi connectivity index (χ1v) is 7.98. The predicted molar refractivity (Wildman–Crippen MR) is 86.2 cm³/mol. The highest BCUT2D eigenvalue weighted by atomic mass is 16.5. The molecule has 0 amide bonds. The molecule has 0 radical (unpaired) electrons. The molecule has 2 heterocycles. The Morgan fingerprint density at radius 3 is 2.43 bits per heavy atom. The quantitative estimate of drug-likeness (QED) is 0.800. The Kier molecular flexibility index (Phi) is 5.25. The fourth-order valence-electron chi connectivity index (χ4n) is 3.10. The van der Waals surface area contributed by atoms with Crippen LogP contribution in [0.5, 0.6) is 0 Å². The molecule has 2 aliphatic heterocycles. The average molecular weight is 295 g/mol. The molecule has 0 unspecified atom stereocenters. The Morgan fingerprint density at radius 1 is 1.24 bits per heavy atom. The van der Waals surface area contributed by atoms with Crippen molar-refractivity contribution in [3.05, 3.63) is 0 Å². The molecule has 2 aliphatic rings. The first-order chi connectivity index (χ1) is 10.00. The average Bonchev–Trinajstić information content (AvgIpc) is 2.98. The molecule has 5 nitrogen and oxygen atoms in total. The lowest BCUT2D eigenvalue weighted by Crippen LogP contribution is -2.46. The van der Waals surface area contributed by atoms with Gasteiger partial charge in [0.1, 0.15) is 11.6 Å². The number of hydrogen-bond donors (Lipinski definition) is 0. The molecule has 1 saturated heterocycles. The Morgan fingerprint density at radius 2 is 1.90 bits per heavy atom. The summed E-state index contributed by atoms with van der Waals surface area (Å²) in [5, 5.41) is 0. The van der Waals surface area contributed by atoms with Crippen molar-refractivity contribution in [3.63, 3.8) is 0 Å². The highest BCUT2D eigenvalue weighted by molar-refractivity contribution is 5.96. The van der Waals surface area contributed by atoms with Crippen LogP contribution in [0.15, 0.2) is 9.98 Å². The summed E-state index contributed by atoms with van der Waals surface area (Å²) in [6, 6.07) is -0.0372. The topological polar surface area (TPSA) is 46.4 Å². The van der Waals surface area contributed by atoms with Crippen molar-refractivity contribution < 1.29 is 9.47 Å². The molecule has 0 aromatic carbocycles. The van der Waals surface area contributed by atoms with Crippen LogP contribution in [0.3, 0.4) is 0 Å². The van der Waals surface area contributed by atoms with Crippen LogP contribution in [0, 0.1) is 5.92 Å². The van der Waals surface area contributed by atoms with Crippen molar-refractivity contribution in [1.29, 1.82) is 0 Å². The van der Waals surface area contributed by atoms with E-state index in [4.69, 9.17) is 19.5 Å². The van der Waals surface area contributed by atoms with E-state index in [1.807, 2.05) is 0 Å². The SMILES string of the molecule is COC1=N[C@@](C)(CCN2CCCC2)C(OC)=N[C@@H]1C(C)C. The molecule has 0 aromatic heterocycles. The van der Waals surface area contributed by atoms with Gasteiger partial charge in [-0.05, 0) is 45.2 Å². The number of likely N-dealkylation sites (tertiary alicyclic amines) is 1. The summed E-state index contributed by atoms with van der Waals surface area (Å²) < 4.78 is 11.1. The Balaban J connectivity index is 2.14. The number of methoxy groups -OCH3 is 2. The van der Waals surface area contributed by atoms with E-state index in [1.165, 1.54) is 25.9 Å². The van der Waals surface area contributed by atoms with Gasteiger partial charge in [-0.25, -0.2) is 9.98 Å². The maximum Gasteiger partial charge on any atom is 0.212 e. The maximum atomic E-state index is 5.56. The van der Waals surface area contributed by atoms with Crippen molar-refractivity contribution >= 4 is 11.8 Å². The fourth-order valence-corrected chi connectivity index (χ4v) is 3.10. The minimum atomic E-state index is -0.409. The lowest BCUT2D eigenvalue weighted by atomic mass is 9.93. The fraction of sp³-hybridized carbons (Fsp3) is 0.875. The molecular formula is C16H29N3O2. The summed E-state index contributed by atoms with van der Waals surface area (Å²) >= 11 is 0. The molecule has 0 spiro atoms. The van der Waals surface area contributed by atoms with Crippen molar-refractivity contribution in [1.82, 2.24) is 4.90 Å². The van der Waals surface area contributed by atoms with E-state index in [-0.39, 0.29) is 6.04 Å². The van der Waals surface area contributed by atoms with Gasteiger partial charge in [-0.1, -0.05) is 13.8 Å². The minimum absolute atomic E-state index is 0.0372. The highest BCUT2D eigenvalue weighted by Gasteiger charge is 2.39. The Labute approximate surface area is 128 Å². The van der Waals surface area contributed by atoms with Gasteiger partial charge in [0.25, 0.3) is 0 Å². The molecule has 2 atom stereocenters. The summed E-state index contributed by atoms with van der Waals surface area (Å²) in [6.07, 6.45) is 3.53. The highest BCUT2D eigenvalue weighted by Crippen LogP contribution is 2.28. The second kappa shape index (κ2) is 6.77. The Bertz CT molecular complexity index is 414. The molecule has 0 aliphatic carbocycles. The molecule has 0 N–H and O–H groups in total. The molecular weight excluding hydrogens is 266 g/mol. The monoisotopic (exact) mass is 295 g/mol. The van der Waals surface area contributed by atoms with Gasteiger partial charge in [0, 0.05) is 6.54 Å². The second-order valence-electron chi connectivity index (χ2n) is 6.55. The van der Waals surface area contributed by atoms with E-state index in [9.17, 15) is 0 Å². The van der Waals surface area contributed by atoms with E-state index in [0.717, 1.165) is 24.8 Å². The van der Waals surface area contributed by atoms with Crippen molar-refractivity contribution in [2.24, 2.45) is 15.9 Å². The third-order valence-corrected chi connectivity index (χ3v) is 4.47. The number of nitrogens with zero attached hydrogens (tertiary/aromatic N) is 3. The van der Waals surface area contributed by atoms with Crippen LogP contribution in [0.2, 0.25) is 0 Å². The van der Waals surface area contributed by atoms with Gasteiger partial charge in [-0.15, -0.1) is 0 Å². The lowest BCUT2D eigenvalue weighted by Gasteiger charge is -2.34. The van der Waals surface area contributed by atoms with Gasteiger partial charge < -0.3 is 14.4 Å². The van der Waals surface area contributed by atoms with E-state index in [1.54, 1.807) is 14.2 Å². The van der Waals surface area contributed by atoms with Gasteiger partial charge in [0.2, 0.25) is 11.8 Å². The van der Waals surface area contributed by atoms with Crippen LogP contribution in [0.1, 0.15) is 40.0 Å². The molecule has 1 fully saturated rings. The van der Waals surface area contributed by atoms with Crippen LogP contribution >= 0.6 is 0 Å². The molecule has 5 heteroatoms. The van der Waals surface area contributed by atoms with Gasteiger partial charge >= 0.3 is 0 Å². The zero-order chi connectivity index (χ0) is 15.5. The first-order valence-electron chi connectivity index (χ1n) is 7.98. The van der Waals surface area contributed by atoms with Crippen LogP contribution in [-0.2, 0) is 9.47 Å². The zero-order valence-electron chi connectivity index (χ0n) is 14.1. The third-order valence-electron chi connectivity index (χ3n) is 4.47. The number of aliphatic imine (C=N–C) groups is 2. The number of hydrogen-bond acceptors (Lipinski definition) is 5. The van der Waals surface area contributed by atoms with Crippen LogP contribution in [-0.4, -0.2) is 62.1 Å². The van der Waals surface area contributed by atoms with E-state index in [2.05, 4.69) is 25.7 Å². The van der Waals surface area contributed by atoms with Gasteiger partial charge in [0.15, 0.2) is 0 Å². The zero-order valence-corrected chi connectivity index (χ0v) is 14.1. The summed E-state index contributed by atoms with van der Waals surface area (Å²) in [5.41, 5.74) is -0.409. The summed E-state index contributed by atoms with van der Waals surface area (Å²) in [4.78, 5) is 12.1. The molecule has 21 heavy (non-hydrogen) atoms. The van der Waals surface area contributed by atoms with Crippen LogP contribution in [0.4, 0.5) is 0 Å². The second-order valence-corrected chi connectivity index (χ2v) is 6.55. The summed E-state index contributed by atoms with van der Waals surface area (Å²) in [7, 11) is 3.38. The smallest absolute Gasteiger partial charge is 0.212 e. The third kappa shape index (κ3) is 3.57. The number of rotatable bonds is 4. The van der Waals surface area contributed by atoms with E-state index in [0.29, 0.717) is 5.92 Å². The normalized spacial score (nSPS) is 30.3. The van der Waals surface area contributed by atoms with Crippen molar-refractivity contribution in [2.75, 3.05) is 33.9 Å². The minimum Gasteiger partial charge on any atom is -0.483 e. The van der Waals surface area contributed by atoms with Crippen molar-refractivity contribution in [3.8, 4) is 0 Å². The summed E-state index contributed by atoms with van der Waals surface area (Å²) in [6.45, 7) is 9.79. The standard InChI is InChI=1S/C16H29N3O2/c1-12(2)13-14(20-4)18-16(3,15(17-13)21-5)8-11-19-9-6-7-10-19/h12-13H,6-11H2,1-5H3/t13-,16+/m1/s1. The maximum absolute atomic E-state index is 5.56. The van der Waals surface area contributed by atoms with E-state index < -0.39 is 5.54 Å². The predicted octanol–water partition coefficient (Wildman–Crippen LogP) is 2.36. The Hall–Kier alpha value is -1.10. The van der Waals surface area contributed by atoms with Crippen molar-refractivity contribution in [2.45, 2.75) is 51.6 Å². The lowest BCUT2D eigenvalue weighted by molar-refractivity contribution is 0.273. The molecule has 0 saturated carbocycles. The first kappa shape index (κ1) is 16.3. The van der Waals surface area contributed by atoms with E-state index >= 15 is 0 Å². The van der Waals surface area contributed by atoms with Crippen LogP contribution in [0.25, 0.3) is 0 Å². The molecule has 120 valence electrons. The van der Waals surface area contributed by atoms with Gasteiger partial charge in [-0.2, -0.15) is 0 Å². The van der Waals surface area contributed by atoms with Gasteiger partial charge in [-0.3, -0.25) is 0 Å². The molecule has 0 bridgehead atoms. The molecule has 2 rings (SSSR count).